The molecule has 0 N–H and O–H groups in total. The first-order valence-corrected chi connectivity index (χ1v) is 8.36. The Kier molecular flexibility index (Phi) is 3.36. The predicted molar refractivity (Wildman–Crippen MR) is 88.8 cm³/mol. The Morgan fingerprint density at radius 2 is 2.14 bits per heavy atom. The number of hydrogen-bond acceptors (Lipinski definition) is 3. The Bertz CT molecular complexity index is 871. The van der Waals surface area contributed by atoms with E-state index >= 15 is 0 Å². The molecular formula is C18H15N3S. The predicted octanol–water partition coefficient (Wildman–Crippen LogP) is 4.52. The third-order valence-electron chi connectivity index (χ3n) is 4.22. The van der Waals surface area contributed by atoms with E-state index in [1.807, 2.05) is 54.6 Å². The summed E-state index contributed by atoms with van der Waals surface area (Å²) in [6.07, 6.45) is 9.76. The molecule has 3 heterocycles. The van der Waals surface area contributed by atoms with Crippen molar-refractivity contribution < 1.29 is 0 Å². The van der Waals surface area contributed by atoms with Gasteiger partial charge in [-0.2, -0.15) is 5.26 Å². The van der Waals surface area contributed by atoms with Gasteiger partial charge in [0.05, 0.1) is 16.8 Å². The average Bonchev–Trinajstić information content (AvgIpc) is 3.00. The van der Waals surface area contributed by atoms with E-state index in [0.29, 0.717) is 5.56 Å². The first-order chi connectivity index (χ1) is 10.9. The van der Waals surface area contributed by atoms with Gasteiger partial charge in [0.1, 0.15) is 6.07 Å². The maximum Gasteiger partial charge on any atom is 0.101 e. The van der Waals surface area contributed by atoms with E-state index in [1.54, 1.807) is 0 Å². The summed E-state index contributed by atoms with van der Waals surface area (Å²) in [6, 6.07) is 12.2. The van der Waals surface area contributed by atoms with Gasteiger partial charge in [0.25, 0.3) is 0 Å². The van der Waals surface area contributed by atoms with Crippen LogP contribution in [0.1, 0.15) is 24.8 Å². The van der Waals surface area contributed by atoms with E-state index < -0.39 is 0 Å². The van der Waals surface area contributed by atoms with Crippen molar-refractivity contribution >= 4 is 17.3 Å². The fraction of sp³-hybridized carbons (Fsp3) is 0.222. The number of fused-ring (bicyclic) bond motifs is 1. The highest BCUT2D eigenvalue weighted by Crippen LogP contribution is 2.40. The number of nitriles is 1. The van der Waals surface area contributed by atoms with Crippen LogP contribution in [0.5, 0.6) is 0 Å². The number of aromatic nitrogens is 2. The molecule has 0 atom stereocenters. The summed E-state index contributed by atoms with van der Waals surface area (Å²) in [5, 5.41) is 9.98. The second kappa shape index (κ2) is 5.51. The molecule has 4 rings (SSSR count). The maximum absolute atomic E-state index is 9.25. The first kappa shape index (κ1) is 13.4. The van der Waals surface area contributed by atoms with Gasteiger partial charge in [-0.25, -0.2) is 0 Å². The van der Waals surface area contributed by atoms with Crippen molar-refractivity contribution in [2.24, 2.45) is 0 Å². The largest absolute Gasteiger partial charge is 0.315 e. The lowest BCUT2D eigenvalue weighted by molar-refractivity contribution is 0.522. The standard InChI is InChI=1S/C18H15N3S/c19-11-13-6-7-17(21-10-2-5-16(13)21)15-12-20-9-8-18(15)22-14-3-1-4-14/h2,5-10,12,14H,1,3-4H2. The van der Waals surface area contributed by atoms with Gasteiger partial charge in [0.2, 0.25) is 0 Å². The molecule has 4 heteroatoms. The van der Waals surface area contributed by atoms with Gasteiger partial charge in [-0.15, -0.1) is 11.8 Å². The van der Waals surface area contributed by atoms with E-state index in [0.717, 1.165) is 22.0 Å². The lowest BCUT2D eigenvalue weighted by Crippen LogP contribution is -2.13. The quantitative estimate of drug-likeness (QED) is 0.714. The highest BCUT2D eigenvalue weighted by molar-refractivity contribution is 8.00. The van der Waals surface area contributed by atoms with Gasteiger partial charge >= 0.3 is 0 Å². The average molecular weight is 305 g/mol. The Balaban J connectivity index is 1.85. The summed E-state index contributed by atoms with van der Waals surface area (Å²) in [7, 11) is 0. The molecule has 0 spiro atoms. The van der Waals surface area contributed by atoms with Crippen LogP contribution in [0.4, 0.5) is 0 Å². The van der Waals surface area contributed by atoms with Crippen molar-refractivity contribution in [3.8, 4) is 17.3 Å². The van der Waals surface area contributed by atoms with E-state index in [2.05, 4.69) is 21.5 Å². The van der Waals surface area contributed by atoms with Crippen LogP contribution < -0.4 is 0 Å². The number of thioether (sulfide) groups is 1. The van der Waals surface area contributed by atoms with Crippen LogP contribution in [0.2, 0.25) is 0 Å². The van der Waals surface area contributed by atoms with Crippen molar-refractivity contribution in [2.45, 2.75) is 29.4 Å². The highest BCUT2D eigenvalue weighted by Gasteiger charge is 2.21. The molecule has 108 valence electrons. The van der Waals surface area contributed by atoms with Gasteiger partial charge in [0, 0.05) is 34.3 Å². The topological polar surface area (TPSA) is 41.1 Å². The fourth-order valence-electron chi connectivity index (χ4n) is 2.80. The molecule has 0 radical (unpaired) electrons. The molecule has 3 nitrogen and oxygen atoms in total. The van der Waals surface area contributed by atoms with Crippen LogP contribution in [0.15, 0.2) is 53.8 Å². The second-order valence-corrected chi connectivity index (χ2v) is 6.89. The van der Waals surface area contributed by atoms with E-state index in [4.69, 9.17) is 0 Å². The third kappa shape index (κ3) is 2.18. The normalized spacial score (nSPS) is 14.7. The van der Waals surface area contributed by atoms with Gasteiger partial charge in [-0.1, -0.05) is 6.42 Å². The number of nitrogens with zero attached hydrogens (tertiary/aromatic N) is 3. The van der Waals surface area contributed by atoms with Crippen LogP contribution in [-0.2, 0) is 0 Å². The first-order valence-electron chi connectivity index (χ1n) is 7.48. The zero-order valence-corrected chi connectivity index (χ0v) is 12.9. The molecule has 1 aliphatic rings. The molecule has 1 fully saturated rings. The summed E-state index contributed by atoms with van der Waals surface area (Å²) >= 11 is 1.95. The smallest absolute Gasteiger partial charge is 0.101 e. The Morgan fingerprint density at radius 3 is 2.91 bits per heavy atom. The van der Waals surface area contributed by atoms with Crippen molar-refractivity contribution in [3.63, 3.8) is 0 Å². The Labute approximate surface area is 133 Å². The molecule has 22 heavy (non-hydrogen) atoms. The molecule has 0 aromatic carbocycles. The van der Waals surface area contributed by atoms with E-state index in [1.165, 1.54) is 24.2 Å². The number of rotatable bonds is 3. The minimum absolute atomic E-state index is 0.700. The molecule has 3 aromatic heterocycles. The second-order valence-electron chi connectivity index (χ2n) is 5.55. The highest BCUT2D eigenvalue weighted by atomic mass is 32.2. The zero-order valence-electron chi connectivity index (χ0n) is 12.1. The van der Waals surface area contributed by atoms with Crippen molar-refractivity contribution in [1.29, 1.82) is 5.26 Å². The number of pyridine rings is 2. The van der Waals surface area contributed by atoms with Crippen molar-refractivity contribution in [2.75, 3.05) is 0 Å². The zero-order chi connectivity index (χ0) is 14.9. The SMILES string of the molecule is N#Cc1ccc(-c2cnccc2SC2CCC2)n2cccc12. The van der Waals surface area contributed by atoms with Gasteiger partial charge in [-0.05, 0) is 43.2 Å². The Hall–Kier alpha value is -2.25. The van der Waals surface area contributed by atoms with Crippen LogP contribution in [0.3, 0.4) is 0 Å². The van der Waals surface area contributed by atoms with Crippen LogP contribution in [-0.4, -0.2) is 14.6 Å². The lowest BCUT2D eigenvalue weighted by atomic mass is 10.00. The minimum Gasteiger partial charge on any atom is -0.315 e. The minimum atomic E-state index is 0.700. The van der Waals surface area contributed by atoms with Crippen LogP contribution >= 0.6 is 11.8 Å². The van der Waals surface area contributed by atoms with Crippen LogP contribution in [0, 0.1) is 11.3 Å². The summed E-state index contributed by atoms with van der Waals surface area (Å²) in [5.74, 6) is 0. The molecule has 3 aromatic rings. The fourth-order valence-corrected chi connectivity index (χ4v) is 4.15. The number of hydrogen-bond donors (Lipinski definition) is 0. The monoisotopic (exact) mass is 305 g/mol. The summed E-state index contributed by atoms with van der Waals surface area (Å²) in [5.41, 5.74) is 3.88. The summed E-state index contributed by atoms with van der Waals surface area (Å²) in [6.45, 7) is 0. The van der Waals surface area contributed by atoms with Gasteiger partial charge in [0.15, 0.2) is 0 Å². The molecule has 1 aliphatic carbocycles. The van der Waals surface area contributed by atoms with E-state index in [-0.39, 0.29) is 0 Å². The van der Waals surface area contributed by atoms with E-state index in [9.17, 15) is 5.26 Å². The molecule has 0 aliphatic heterocycles. The molecule has 0 amide bonds. The van der Waals surface area contributed by atoms with Gasteiger partial charge in [-0.3, -0.25) is 4.98 Å². The van der Waals surface area contributed by atoms with Gasteiger partial charge < -0.3 is 4.40 Å². The third-order valence-corrected chi connectivity index (χ3v) is 5.63. The molecule has 1 saturated carbocycles. The van der Waals surface area contributed by atoms with Crippen molar-refractivity contribution in [3.05, 3.63) is 54.5 Å². The lowest BCUT2D eigenvalue weighted by Gasteiger charge is -2.25. The maximum atomic E-state index is 9.25. The van der Waals surface area contributed by atoms with Crippen molar-refractivity contribution in [1.82, 2.24) is 9.38 Å². The summed E-state index contributed by atoms with van der Waals surface area (Å²) < 4.78 is 2.08. The molecule has 0 unspecified atom stereocenters. The van der Waals surface area contributed by atoms with Crippen LogP contribution in [0.25, 0.3) is 16.8 Å². The molecular weight excluding hydrogens is 290 g/mol. The Morgan fingerprint density at radius 1 is 1.23 bits per heavy atom. The summed E-state index contributed by atoms with van der Waals surface area (Å²) in [4.78, 5) is 5.59. The molecule has 0 saturated heterocycles. The molecule has 0 bridgehead atoms.